The maximum atomic E-state index is 13.8. The van der Waals surface area contributed by atoms with E-state index in [1.54, 1.807) is 42.3 Å². The van der Waals surface area contributed by atoms with Crippen molar-refractivity contribution in [1.82, 2.24) is 10.2 Å². The van der Waals surface area contributed by atoms with Crippen LogP contribution in [-0.2, 0) is 4.79 Å². The van der Waals surface area contributed by atoms with Crippen molar-refractivity contribution in [2.75, 3.05) is 26.7 Å². The third-order valence-electron chi connectivity index (χ3n) is 5.39. The SMILES string of the molecule is CCCCNC(=O)C1CN(C(=O)c2ccc(OC)cc2)CC1c1cccc(F)c1. The second kappa shape index (κ2) is 9.54. The number of hydrogen-bond donors (Lipinski definition) is 1. The molecule has 1 aliphatic rings. The lowest BCUT2D eigenvalue weighted by molar-refractivity contribution is -0.124. The molecular weight excluding hydrogens is 371 g/mol. The van der Waals surface area contributed by atoms with E-state index in [4.69, 9.17) is 4.74 Å². The zero-order chi connectivity index (χ0) is 20.8. The molecule has 5 nitrogen and oxygen atoms in total. The molecular formula is C23H27FN2O3. The molecule has 0 spiro atoms. The van der Waals surface area contributed by atoms with E-state index in [1.807, 2.05) is 6.07 Å². The summed E-state index contributed by atoms with van der Waals surface area (Å²) in [4.78, 5) is 27.5. The zero-order valence-electron chi connectivity index (χ0n) is 16.9. The van der Waals surface area contributed by atoms with Crippen LogP contribution in [-0.4, -0.2) is 43.5 Å². The Hall–Kier alpha value is -2.89. The lowest BCUT2D eigenvalue weighted by atomic mass is 9.88. The number of likely N-dealkylation sites (tertiary alicyclic amines) is 1. The van der Waals surface area contributed by atoms with Crippen LogP contribution in [0.15, 0.2) is 48.5 Å². The number of methoxy groups -OCH3 is 1. The number of carbonyl (C=O) groups excluding carboxylic acids is 2. The normalized spacial score (nSPS) is 18.5. The van der Waals surface area contributed by atoms with Crippen LogP contribution in [0, 0.1) is 11.7 Å². The smallest absolute Gasteiger partial charge is 0.253 e. The van der Waals surface area contributed by atoms with Gasteiger partial charge in [-0.1, -0.05) is 25.5 Å². The number of rotatable bonds is 7. The van der Waals surface area contributed by atoms with Gasteiger partial charge in [0.25, 0.3) is 5.91 Å². The van der Waals surface area contributed by atoms with Crippen molar-refractivity contribution < 1.29 is 18.7 Å². The van der Waals surface area contributed by atoms with E-state index in [0.29, 0.717) is 30.9 Å². The number of carbonyl (C=O) groups is 2. The number of halogens is 1. The minimum atomic E-state index is -0.407. The van der Waals surface area contributed by atoms with E-state index in [2.05, 4.69) is 12.2 Å². The second-order valence-corrected chi connectivity index (χ2v) is 7.35. The average molecular weight is 398 g/mol. The van der Waals surface area contributed by atoms with Crippen molar-refractivity contribution >= 4 is 11.8 Å². The quantitative estimate of drug-likeness (QED) is 0.725. The first kappa shape index (κ1) is 20.8. The molecule has 6 heteroatoms. The highest BCUT2D eigenvalue weighted by molar-refractivity contribution is 5.95. The van der Waals surface area contributed by atoms with Gasteiger partial charge in [-0.15, -0.1) is 0 Å². The summed E-state index contributed by atoms with van der Waals surface area (Å²) < 4.78 is 18.9. The minimum absolute atomic E-state index is 0.0854. The molecule has 0 saturated carbocycles. The largest absolute Gasteiger partial charge is 0.497 e. The molecule has 2 amide bonds. The Kier molecular flexibility index (Phi) is 6.86. The van der Waals surface area contributed by atoms with Crippen LogP contribution in [0.25, 0.3) is 0 Å². The minimum Gasteiger partial charge on any atom is -0.497 e. The fourth-order valence-corrected chi connectivity index (χ4v) is 3.75. The highest BCUT2D eigenvalue weighted by atomic mass is 19.1. The van der Waals surface area contributed by atoms with Gasteiger partial charge >= 0.3 is 0 Å². The van der Waals surface area contributed by atoms with Gasteiger partial charge in [-0.2, -0.15) is 0 Å². The van der Waals surface area contributed by atoms with Crippen molar-refractivity contribution in [3.8, 4) is 5.75 Å². The van der Waals surface area contributed by atoms with Crippen molar-refractivity contribution in [3.63, 3.8) is 0 Å². The second-order valence-electron chi connectivity index (χ2n) is 7.35. The lowest BCUT2D eigenvalue weighted by Gasteiger charge is -2.18. The summed E-state index contributed by atoms with van der Waals surface area (Å²) in [5.74, 6) is -0.539. The molecule has 1 fully saturated rings. The van der Waals surface area contributed by atoms with Gasteiger partial charge in [0.05, 0.1) is 13.0 Å². The van der Waals surface area contributed by atoms with Gasteiger partial charge in [-0.25, -0.2) is 4.39 Å². The third-order valence-corrected chi connectivity index (χ3v) is 5.39. The summed E-state index contributed by atoms with van der Waals surface area (Å²) in [7, 11) is 1.57. The van der Waals surface area contributed by atoms with Crippen molar-refractivity contribution in [3.05, 3.63) is 65.5 Å². The Bertz CT molecular complexity index is 853. The van der Waals surface area contributed by atoms with Crippen molar-refractivity contribution in [2.45, 2.75) is 25.7 Å². The van der Waals surface area contributed by atoms with Gasteiger partial charge < -0.3 is 15.0 Å². The maximum Gasteiger partial charge on any atom is 0.253 e. The third kappa shape index (κ3) is 4.94. The first-order valence-electron chi connectivity index (χ1n) is 10.00. The van der Waals surface area contributed by atoms with Crippen molar-refractivity contribution in [1.29, 1.82) is 0 Å². The summed E-state index contributed by atoms with van der Waals surface area (Å²) in [6.45, 7) is 3.35. The predicted octanol–water partition coefficient (Wildman–Crippen LogP) is 3.61. The molecule has 2 atom stereocenters. The molecule has 0 radical (unpaired) electrons. The first-order chi connectivity index (χ1) is 14.0. The molecule has 1 N–H and O–H groups in total. The molecule has 0 bridgehead atoms. The molecule has 2 unspecified atom stereocenters. The fourth-order valence-electron chi connectivity index (χ4n) is 3.75. The first-order valence-corrected chi connectivity index (χ1v) is 10.00. The molecule has 0 aliphatic carbocycles. The Morgan fingerprint density at radius 2 is 1.93 bits per heavy atom. The summed E-state index contributed by atoms with van der Waals surface area (Å²) in [6.07, 6.45) is 1.89. The van der Waals surface area contributed by atoms with Crippen LogP contribution in [0.1, 0.15) is 41.6 Å². The van der Waals surface area contributed by atoms with Gasteiger partial charge in [0.2, 0.25) is 5.91 Å². The highest BCUT2D eigenvalue weighted by Crippen LogP contribution is 2.34. The Labute approximate surface area is 170 Å². The van der Waals surface area contributed by atoms with E-state index in [1.165, 1.54) is 12.1 Å². The Balaban J connectivity index is 1.81. The van der Waals surface area contributed by atoms with E-state index < -0.39 is 5.92 Å². The van der Waals surface area contributed by atoms with E-state index in [9.17, 15) is 14.0 Å². The predicted molar refractivity (Wildman–Crippen MR) is 109 cm³/mol. The standard InChI is InChI=1S/C23H27FN2O3/c1-3-4-12-25-22(27)21-15-26(14-20(21)17-6-5-7-18(24)13-17)23(28)16-8-10-19(29-2)11-9-16/h5-11,13,20-21H,3-4,12,14-15H2,1-2H3,(H,25,27). The van der Waals surface area contributed by atoms with Gasteiger partial charge in [0.15, 0.2) is 0 Å². The van der Waals surface area contributed by atoms with E-state index in [0.717, 1.165) is 18.4 Å². The lowest BCUT2D eigenvalue weighted by Crippen LogP contribution is -2.36. The van der Waals surface area contributed by atoms with Crippen LogP contribution in [0.5, 0.6) is 5.75 Å². The molecule has 1 saturated heterocycles. The summed E-state index contributed by atoms with van der Waals surface area (Å²) in [5, 5.41) is 2.97. The number of unbranched alkanes of at least 4 members (excludes halogenated alkanes) is 1. The maximum absolute atomic E-state index is 13.8. The average Bonchev–Trinajstić information content (AvgIpc) is 3.19. The molecule has 2 aromatic carbocycles. The number of benzene rings is 2. The Morgan fingerprint density at radius 1 is 1.17 bits per heavy atom. The molecule has 3 rings (SSSR count). The topological polar surface area (TPSA) is 58.6 Å². The molecule has 29 heavy (non-hydrogen) atoms. The zero-order valence-corrected chi connectivity index (χ0v) is 16.9. The molecule has 2 aromatic rings. The van der Waals surface area contributed by atoms with Gasteiger partial charge in [0, 0.05) is 31.1 Å². The van der Waals surface area contributed by atoms with Crippen LogP contribution in [0.2, 0.25) is 0 Å². The van der Waals surface area contributed by atoms with E-state index in [-0.39, 0.29) is 23.5 Å². The van der Waals surface area contributed by atoms with Crippen LogP contribution >= 0.6 is 0 Å². The fraction of sp³-hybridized carbons (Fsp3) is 0.391. The van der Waals surface area contributed by atoms with Gasteiger partial charge in [-0.05, 0) is 48.4 Å². The van der Waals surface area contributed by atoms with Gasteiger partial charge in [-0.3, -0.25) is 9.59 Å². The molecule has 1 heterocycles. The molecule has 0 aromatic heterocycles. The van der Waals surface area contributed by atoms with Crippen molar-refractivity contribution in [2.24, 2.45) is 5.92 Å². The molecule has 154 valence electrons. The monoisotopic (exact) mass is 398 g/mol. The highest BCUT2D eigenvalue weighted by Gasteiger charge is 2.40. The number of nitrogens with one attached hydrogen (secondary N) is 1. The number of hydrogen-bond acceptors (Lipinski definition) is 3. The van der Waals surface area contributed by atoms with E-state index >= 15 is 0 Å². The number of nitrogens with zero attached hydrogens (tertiary/aromatic N) is 1. The van der Waals surface area contributed by atoms with Crippen LogP contribution < -0.4 is 10.1 Å². The van der Waals surface area contributed by atoms with Crippen LogP contribution in [0.4, 0.5) is 4.39 Å². The van der Waals surface area contributed by atoms with Gasteiger partial charge in [0.1, 0.15) is 11.6 Å². The van der Waals surface area contributed by atoms with Crippen LogP contribution in [0.3, 0.4) is 0 Å². The number of ether oxygens (including phenoxy) is 1. The molecule has 1 aliphatic heterocycles. The summed E-state index contributed by atoms with van der Waals surface area (Å²) in [6, 6.07) is 13.2. The summed E-state index contributed by atoms with van der Waals surface area (Å²) in [5.41, 5.74) is 1.28. The Morgan fingerprint density at radius 3 is 2.59 bits per heavy atom. The summed E-state index contributed by atoms with van der Waals surface area (Å²) >= 11 is 0. The number of amides is 2.